The van der Waals surface area contributed by atoms with Gasteiger partial charge in [-0.2, -0.15) is 0 Å². The Hall–Kier alpha value is -0.0800. The zero-order valence-electron chi connectivity index (χ0n) is 12.7. The van der Waals surface area contributed by atoms with E-state index in [4.69, 9.17) is 0 Å². The van der Waals surface area contributed by atoms with Crippen LogP contribution in [0, 0.1) is 5.41 Å². The summed E-state index contributed by atoms with van der Waals surface area (Å²) in [4.78, 5) is 2.56. The van der Waals surface area contributed by atoms with E-state index in [1.165, 1.54) is 25.8 Å². The van der Waals surface area contributed by atoms with Crippen molar-refractivity contribution in [3.05, 3.63) is 0 Å². The summed E-state index contributed by atoms with van der Waals surface area (Å²) in [6.45, 7) is 16.3. The third kappa shape index (κ3) is 4.97. The number of nitrogens with one attached hydrogen (secondary N) is 1. The molecule has 0 aromatic heterocycles. The molecule has 2 heteroatoms. The van der Waals surface area contributed by atoms with Crippen LogP contribution in [0.3, 0.4) is 0 Å². The van der Waals surface area contributed by atoms with Gasteiger partial charge in [-0.1, -0.05) is 13.8 Å². The lowest BCUT2D eigenvalue weighted by molar-refractivity contribution is 0.173. The highest BCUT2D eigenvalue weighted by Crippen LogP contribution is 2.36. The average molecular weight is 240 g/mol. The largest absolute Gasteiger partial charge is 0.313 e. The minimum atomic E-state index is 0.563. The van der Waals surface area contributed by atoms with E-state index in [0.717, 1.165) is 12.6 Å². The van der Waals surface area contributed by atoms with Gasteiger partial charge in [0.25, 0.3) is 0 Å². The predicted octanol–water partition coefficient (Wildman–Crippen LogP) is 3.27. The highest BCUT2D eigenvalue weighted by Gasteiger charge is 2.30. The van der Waals surface area contributed by atoms with Gasteiger partial charge >= 0.3 is 0 Å². The van der Waals surface area contributed by atoms with E-state index in [1.807, 2.05) is 0 Å². The monoisotopic (exact) mass is 240 g/mol. The van der Waals surface area contributed by atoms with Gasteiger partial charge in [-0.05, 0) is 52.4 Å². The van der Waals surface area contributed by atoms with E-state index in [2.05, 4.69) is 51.8 Å². The Kier molecular flexibility index (Phi) is 5.46. The summed E-state index contributed by atoms with van der Waals surface area (Å²) in [5.74, 6) is 0. The summed E-state index contributed by atoms with van der Waals surface area (Å²) < 4.78 is 0. The predicted molar refractivity (Wildman–Crippen MR) is 76.4 cm³/mol. The summed E-state index contributed by atoms with van der Waals surface area (Å²) >= 11 is 0. The number of hydrogen-bond acceptors (Lipinski definition) is 2. The fraction of sp³-hybridized carbons (Fsp3) is 1.00. The molecule has 0 aliphatic heterocycles. The fourth-order valence-corrected chi connectivity index (χ4v) is 3.12. The highest BCUT2D eigenvalue weighted by atomic mass is 15.2. The van der Waals surface area contributed by atoms with Gasteiger partial charge < -0.3 is 5.32 Å². The van der Waals surface area contributed by atoms with Gasteiger partial charge in [-0.25, -0.2) is 0 Å². The topological polar surface area (TPSA) is 15.3 Å². The van der Waals surface area contributed by atoms with E-state index in [-0.39, 0.29) is 0 Å². The quantitative estimate of drug-likeness (QED) is 0.766. The molecule has 0 spiro atoms. The molecule has 0 radical (unpaired) electrons. The van der Waals surface area contributed by atoms with Crippen LogP contribution in [0.15, 0.2) is 0 Å². The molecular weight excluding hydrogens is 208 g/mol. The molecule has 2 nitrogen and oxygen atoms in total. The fourth-order valence-electron chi connectivity index (χ4n) is 3.12. The standard InChI is InChI=1S/C15H32N2/c1-12(2)17(13(3)4)10-9-16-14-7-8-15(5,6)11-14/h12-14,16H,7-11H2,1-6H3. The summed E-state index contributed by atoms with van der Waals surface area (Å²) in [6.07, 6.45) is 4.08. The molecule has 1 saturated carbocycles. The van der Waals surface area contributed by atoms with Crippen molar-refractivity contribution in [1.29, 1.82) is 0 Å². The zero-order chi connectivity index (χ0) is 13.1. The number of nitrogens with zero attached hydrogens (tertiary/aromatic N) is 1. The first-order valence-electron chi connectivity index (χ1n) is 7.31. The lowest BCUT2D eigenvalue weighted by Gasteiger charge is -2.31. The van der Waals surface area contributed by atoms with Gasteiger partial charge in [0.2, 0.25) is 0 Å². The van der Waals surface area contributed by atoms with E-state index in [9.17, 15) is 0 Å². The van der Waals surface area contributed by atoms with Gasteiger partial charge in [0, 0.05) is 31.2 Å². The normalized spacial score (nSPS) is 24.2. The smallest absolute Gasteiger partial charge is 0.0112 e. The van der Waals surface area contributed by atoms with Gasteiger partial charge in [0.1, 0.15) is 0 Å². The molecule has 17 heavy (non-hydrogen) atoms. The maximum absolute atomic E-state index is 3.74. The van der Waals surface area contributed by atoms with Crippen molar-refractivity contribution in [3.63, 3.8) is 0 Å². The second-order valence-electron chi connectivity index (χ2n) is 6.98. The van der Waals surface area contributed by atoms with Crippen LogP contribution >= 0.6 is 0 Å². The van der Waals surface area contributed by atoms with Crippen LogP contribution in [0.4, 0.5) is 0 Å². The maximum atomic E-state index is 3.74. The molecule has 1 aliphatic carbocycles. The van der Waals surface area contributed by atoms with Crippen molar-refractivity contribution < 1.29 is 0 Å². The van der Waals surface area contributed by atoms with Crippen molar-refractivity contribution in [2.75, 3.05) is 13.1 Å². The molecule has 1 unspecified atom stereocenters. The Morgan fingerprint density at radius 3 is 2.18 bits per heavy atom. The van der Waals surface area contributed by atoms with Crippen molar-refractivity contribution in [2.24, 2.45) is 5.41 Å². The third-order valence-corrected chi connectivity index (χ3v) is 4.10. The first-order chi connectivity index (χ1) is 7.82. The third-order valence-electron chi connectivity index (χ3n) is 4.10. The molecule has 0 heterocycles. The molecule has 102 valence electrons. The molecule has 1 N–H and O–H groups in total. The van der Waals surface area contributed by atoms with Gasteiger partial charge in [-0.3, -0.25) is 4.90 Å². The van der Waals surface area contributed by atoms with Gasteiger partial charge in [0.05, 0.1) is 0 Å². The van der Waals surface area contributed by atoms with Crippen LogP contribution < -0.4 is 5.32 Å². The van der Waals surface area contributed by atoms with Crippen molar-refractivity contribution >= 4 is 0 Å². The molecule has 1 atom stereocenters. The van der Waals surface area contributed by atoms with Gasteiger partial charge in [0.15, 0.2) is 0 Å². The van der Waals surface area contributed by atoms with Crippen LogP contribution in [0.25, 0.3) is 0 Å². The van der Waals surface area contributed by atoms with Crippen molar-refractivity contribution in [2.45, 2.75) is 78.9 Å². The summed E-state index contributed by atoms with van der Waals surface area (Å²) in [6, 6.07) is 2.06. The zero-order valence-corrected chi connectivity index (χ0v) is 12.7. The first kappa shape index (κ1) is 15.0. The Balaban J connectivity index is 2.23. The minimum absolute atomic E-state index is 0.563. The summed E-state index contributed by atoms with van der Waals surface area (Å²) in [5, 5.41) is 3.74. The average Bonchev–Trinajstić information content (AvgIpc) is 2.51. The van der Waals surface area contributed by atoms with Crippen LogP contribution in [-0.2, 0) is 0 Å². The first-order valence-corrected chi connectivity index (χ1v) is 7.31. The van der Waals surface area contributed by atoms with E-state index >= 15 is 0 Å². The number of rotatable bonds is 6. The summed E-state index contributed by atoms with van der Waals surface area (Å²) in [5.41, 5.74) is 0.563. The second-order valence-corrected chi connectivity index (χ2v) is 6.98. The Bertz CT molecular complexity index is 213. The van der Waals surface area contributed by atoms with Crippen LogP contribution in [0.1, 0.15) is 60.8 Å². The molecular formula is C15H32N2. The van der Waals surface area contributed by atoms with Crippen LogP contribution in [-0.4, -0.2) is 36.1 Å². The van der Waals surface area contributed by atoms with Crippen LogP contribution in [0.5, 0.6) is 0 Å². The Labute approximate surface area is 108 Å². The lowest BCUT2D eigenvalue weighted by atomic mass is 9.92. The molecule has 1 rings (SSSR count). The molecule has 0 amide bonds. The Morgan fingerprint density at radius 1 is 1.18 bits per heavy atom. The molecule has 0 aromatic rings. The van der Waals surface area contributed by atoms with E-state index < -0.39 is 0 Å². The molecule has 1 fully saturated rings. The molecule has 0 saturated heterocycles. The Morgan fingerprint density at radius 2 is 1.76 bits per heavy atom. The van der Waals surface area contributed by atoms with Crippen molar-refractivity contribution in [3.8, 4) is 0 Å². The van der Waals surface area contributed by atoms with Crippen LogP contribution in [0.2, 0.25) is 0 Å². The maximum Gasteiger partial charge on any atom is 0.0112 e. The van der Waals surface area contributed by atoms with E-state index in [0.29, 0.717) is 17.5 Å². The van der Waals surface area contributed by atoms with Gasteiger partial charge in [-0.15, -0.1) is 0 Å². The second kappa shape index (κ2) is 6.19. The summed E-state index contributed by atoms with van der Waals surface area (Å²) in [7, 11) is 0. The minimum Gasteiger partial charge on any atom is -0.313 e. The van der Waals surface area contributed by atoms with E-state index in [1.54, 1.807) is 0 Å². The molecule has 0 aromatic carbocycles. The molecule has 0 bridgehead atoms. The lowest BCUT2D eigenvalue weighted by Crippen LogP contribution is -2.43. The highest BCUT2D eigenvalue weighted by molar-refractivity contribution is 4.86. The SMILES string of the molecule is CC(C)N(CCNC1CCC(C)(C)C1)C(C)C. The number of hydrogen-bond donors (Lipinski definition) is 1. The molecule has 1 aliphatic rings. The van der Waals surface area contributed by atoms with Crippen molar-refractivity contribution in [1.82, 2.24) is 10.2 Å².